The Balaban J connectivity index is 0.897. The van der Waals surface area contributed by atoms with Crippen molar-refractivity contribution in [1.82, 2.24) is 0 Å². The molecule has 11 unspecified atom stereocenters. The van der Waals surface area contributed by atoms with Crippen LogP contribution in [-0.4, -0.2) is 164 Å². The summed E-state index contributed by atoms with van der Waals surface area (Å²) in [6, 6.07) is 0. The van der Waals surface area contributed by atoms with Crippen molar-refractivity contribution in [2.45, 2.75) is 216 Å². The van der Waals surface area contributed by atoms with E-state index >= 15 is 0 Å². The summed E-state index contributed by atoms with van der Waals surface area (Å²) in [5.74, 6) is 3.27. The van der Waals surface area contributed by atoms with Gasteiger partial charge in [0.05, 0.1) is 37.6 Å². The third kappa shape index (κ3) is 7.50. The van der Waals surface area contributed by atoms with E-state index in [-0.39, 0.29) is 23.0 Å². The summed E-state index contributed by atoms with van der Waals surface area (Å²) < 4.78 is 50.3. The van der Waals surface area contributed by atoms with Gasteiger partial charge in [-0.05, 0) is 118 Å². The first kappa shape index (κ1) is 45.5. The first-order chi connectivity index (χ1) is 28.9. The molecule has 16 nitrogen and oxygen atoms in total. The van der Waals surface area contributed by atoms with Crippen LogP contribution in [0.25, 0.3) is 0 Å². The van der Waals surface area contributed by atoms with Crippen LogP contribution in [0.5, 0.6) is 0 Å². The van der Waals surface area contributed by atoms with Crippen LogP contribution >= 0.6 is 0 Å². The summed E-state index contributed by atoms with van der Waals surface area (Å²) in [6.45, 7) is 12.9. The molecule has 9 rings (SSSR count). The maximum Gasteiger partial charge on any atom is 0.187 e. The zero-order valence-corrected chi connectivity index (χ0v) is 36.7. The predicted octanol–water partition coefficient (Wildman–Crippen LogP) is 1.32. The minimum absolute atomic E-state index is 0.122. The van der Waals surface area contributed by atoms with Crippen molar-refractivity contribution in [2.24, 2.45) is 52.3 Å². The molecule has 0 radical (unpaired) electrons. The van der Waals surface area contributed by atoms with Crippen molar-refractivity contribution >= 4 is 0 Å². The van der Waals surface area contributed by atoms with Gasteiger partial charge in [0, 0.05) is 12.3 Å². The van der Waals surface area contributed by atoms with Gasteiger partial charge in [-0.2, -0.15) is 0 Å². The monoisotopic (exact) mass is 870 g/mol. The fourth-order valence-corrected chi connectivity index (χ4v) is 14.6. The Hall–Kier alpha value is -0.640. The van der Waals surface area contributed by atoms with E-state index in [0.29, 0.717) is 41.4 Å². The van der Waals surface area contributed by atoms with Crippen molar-refractivity contribution in [3.8, 4) is 0 Å². The van der Waals surface area contributed by atoms with Crippen LogP contribution in [0.1, 0.15) is 106 Å². The minimum atomic E-state index is -1.70. The highest BCUT2D eigenvalue weighted by atomic mass is 16.8. The molecule has 27 atom stereocenters. The molecular formula is C45H74O16. The number of hydrogen-bond donors (Lipinski definition) is 8. The molecule has 0 amide bonds. The molecule has 4 saturated carbocycles. The SMILES string of the molecule is CC1C2C(CC3C4CCC5CC(O[C@@H]6O[C@H](CO)[C@@H](O[C@@H]7O[C@H](C)[C@@H](O)[C@H](O)[C@H]7O)[C@H](O)[C@H]6O[C@@H]6O[C@H](C)[C@@H](O)[C@H](O)[C@H]6O)CCC5(C)C4CCC32C)OC12CC[C@H](C)CO2. The lowest BCUT2D eigenvalue weighted by atomic mass is 9.44. The summed E-state index contributed by atoms with van der Waals surface area (Å²) in [4.78, 5) is 0. The first-order valence-electron chi connectivity index (χ1n) is 23.5. The maximum absolute atomic E-state index is 12.0. The van der Waals surface area contributed by atoms with Crippen molar-refractivity contribution in [2.75, 3.05) is 13.2 Å². The summed E-state index contributed by atoms with van der Waals surface area (Å²) in [6.07, 6.45) is -11.0. The van der Waals surface area contributed by atoms with E-state index in [1.54, 1.807) is 0 Å². The van der Waals surface area contributed by atoms with Crippen molar-refractivity contribution in [3.63, 3.8) is 0 Å². The molecule has 4 aliphatic carbocycles. The molecule has 0 aromatic carbocycles. The van der Waals surface area contributed by atoms with Crippen LogP contribution in [-0.2, 0) is 37.9 Å². The van der Waals surface area contributed by atoms with Crippen LogP contribution in [0.4, 0.5) is 0 Å². The normalized spacial score (nSPS) is 59.7. The Morgan fingerprint density at radius 1 is 0.590 bits per heavy atom. The van der Waals surface area contributed by atoms with Crippen LogP contribution in [0.3, 0.4) is 0 Å². The fourth-order valence-electron chi connectivity index (χ4n) is 14.6. The largest absolute Gasteiger partial charge is 0.394 e. The second-order valence-electron chi connectivity index (χ2n) is 21.5. The molecule has 9 fully saturated rings. The molecule has 0 aromatic rings. The Kier molecular flexibility index (Phi) is 12.6. The summed E-state index contributed by atoms with van der Waals surface area (Å²) in [5, 5.41) is 85.9. The lowest BCUT2D eigenvalue weighted by Crippen LogP contribution is -2.66. The highest BCUT2D eigenvalue weighted by Crippen LogP contribution is 2.71. The zero-order valence-electron chi connectivity index (χ0n) is 36.7. The van der Waals surface area contributed by atoms with E-state index in [9.17, 15) is 40.9 Å². The van der Waals surface area contributed by atoms with Gasteiger partial charge in [0.15, 0.2) is 24.7 Å². The summed E-state index contributed by atoms with van der Waals surface area (Å²) >= 11 is 0. The molecule has 5 saturated heterocycles. The van der Waals surface area contributed by atoms with Crippen molar-refractivity contribution < 1.29 is 78.7 Å². The lowest BCUT2D eigenvalue weighted by molar-refractivity contribution is -0.389. The molecule has 9 aliphatic rings. The highest BCUT2D eigenvalue weighted by Gasteiger charge is 2.69. The van der Waals surface area contributed by atoms with Gasteiger partial charge in [-0.1, -0.05) is 27.7 Å². The zero-order chi connectivity index (χ0) is 43.5. The molecule has 5 aliphatic heterocycles. The van der Waals surface area contributed by atoms with E-state index in [2.05, 4.69) is 27.7 Å². The van der Waals surface area contributed by atoms with Crippen LogP contribution < -0.4 is 0 Å². The molecule has 0 aromatic heterocycles. The van der Waals surface area contributed by atoms with E-state index < -0.39 is 105 Å². The lowest BCUT2D eigenvalue weighted by Gasteiger charge is -2.61. The average Bonchev–Trinajstić information content (AvgIpc) is 3.69. The number of rotatable bonds is 7. The van der Waals surface area contributed by atoms with Crippen molar-refractivity contribution in [1.29, 1.82) is 0 Å². The van der Waals surface area contributed by atoms with Gasteiger partial charge in [0.2, 0.25) is 0 Å². The number of aliphatic hydroxyl groups excluding tert-OH is 8. The molecule has 8 N–H and O–H groups in total. The molecule has 0 bridgehead atoms. The average molecular weight is 871 g/mol. The van der Waals surface area contributed by atoms with Gasteiger partial charge >= 0.3 is 0 Å². The topological polar surface area (TPSA) is 236 Å². The van der Waals surface area contributed by atoms with Gasteiger partial charge in [0.1, 0.15) is 61.0 Å². The van der Waals surface area contributed by atoms with Crippen LogP contribution in [0.15, 0.2) is 0 Å². The predicted molar refractivity (Wildman–Crippen MR) is 213 cm³/mol. The van der Waals surface area contributed by atoms with Gasteiger partial charge in [0.25, 0.3) is 0 Å². The molecule has 1 spiro atoms. The van der Waals surface area contributed by atoms with Gasteiger partial charge in [-0.15, -0.1) is 0 Å². The fraction of sp³-hybridized carbons (Fsp3) is 1.00. The van der Waals surface area contributed by atoms with Crippen molar-refractivity contribution in [3.05, 3.63) is 0 Å². The maximum atomic E-state index is 12.0. The van der Waals surface area contributed by atoms with E-state index in [1.807, 2.05) is 0 Å². The van der Waals surface area contributed by atoms with Gasteiger partial charge in [-0.25, -0.2) is 0 Å². The Labute approximate surface area is 359 Å². The first-order valence-corrected chi connectivity index (χ1v) is 23.5. The van der Waals surface area contributed by atoms with E-state index in [0.717, 1.165) is 58.0 Å². The van der Waals surface area contributed by atoms with E-state index in [1.165, 1.54) is 26.7 Å². The second-order valence-corrected chi connectivity index (χ2v) is 21.5. The van der Waals surface area contributed by atoms with Crippen LogP contribution in [0.2, 0.25) is 0 Å². The molecule has 350 valence electrons. The third-order valence-corrected chi connectivity index (χ3v) is 18.2. The molecule has 16 heteroatoms. The Morgan fingerprint density at radius 2 is 1.23 bits per heavy atom. The molecule has 61 heavy (non-hydrogen) atoms. The second kappa shape index (κ2) is 16.9. The number of hydrogen-bond acceptors (Lipinski definition) is 16. The standard InChI is InChI=1S/C45H74O16/c1-19-9-14-45(54-18-19)20(2)30-28(61-45)16-27-25-8-7-23-15-24(10-12-43(23,5)26(25)11-13-44(27,30)6)57-42-39(60-41-36(52)34(50)32(48)22(4)56-41)37(53)38(29(17-46)58-42)59-40-35(51)33(49)31(47)21(3)55-40/h19-42,46-53H,7-18H2,1-6H3/t19-,20?,21+,22+,23?,24?,25?,26?,27?,28?,29+,30?,31+,32+,33-,34-,35+,36+,37-,38+,39+,40-,41-,42+,43?,44?,45?/m0/s1. The molecule has 5 heterocycles. The number of fused-ring (bicyclic) bond motifs is 7. The quantitative estimate of drug-likeness (QED) is 0.169. The number of ether oxygens (including phenoxy) is 8. The highest BCUT2D eigenvalue weighted by molar-refractivity contribution is 5.15. The minimum Gasteiger partial charge on any atom is -0.394 e. The van der Waals surface area contributed by atoms with Gasteiger partial charge < -0.3 is 78.7 Å². The summed E-state index contributed by atoms with van der Waals surface area (Å²) in [7, 11) is 0. The Bertz CT molecular complexity index is 1530. The third-order valence-electron chi connectivity index (χ3n) is 18.2. The smallest absolute Gasteiger partial charge is 0.187 e. The summed E-state index contributed by atoms with van der Waals surface area (Å²) in [5.41, 5.74) is 0.350. The van der Waals surface area contributed by atoms with Crippen LogP contribution in [0, 0.1) is 52.3 Å². The Morgan fingerprint density at radius 3 is 1.85 bits per heavy atom. The van der Waals surface area contributed by atoms with E-state index in [4.69, 9.17) is 37.9 Å². The number of aliphatic hydroxyl groups is 8. The van der Waals surface area contributed by atoms with Gasteiger partial charge in [-0.3, -0.25) is 0 Å². The molecular weight excluding hydrogens is 796 g/mol.